The van der Waals surface area contributed by atoms with E-state index in [1.54, 1.807) is 0 Å². The molecule has 0 radical (unpaired) electrons. The summed E-state index contributed by atoms with van der Waals surface area (Å²) in [5, 5.41) is 11.6. The molecule has 0 aliphatic rings. The Labute approximate surface area is 113 Å². The summed E-state index contributed by atoms with van der Waals surface area (Å²) in [5.41, 5.74) is 0.563. The number of nitrogens with one attached hydrogen (secondary N) is 1. The Balaban J connectivity index is 2.11. The van der Waals surface area contributed by atoms with Crippen LogP contribution >= 0.6 is 0 Å². The average molecular weight is 279 g/mol. The van der Waals surface area contributed by atoms with Crippen molar-refractivity contribution < 1.29 is 18.7 Å². The highest BCUT2D eigenvalue weighted by atomic mass is 19.1. The summed E-state index contributed by atoms with van der Waals surface area (Å²) in [5.74, 6) is -2.25. The number of halogens is 2. The van der Waals surface area contributed by atoms with Gasteiger partial charge < -0.3 is 10.4 Å². The quantitative estimate of drug-likeness (QED) is 0.898. The Kier molecular flexibility index (Phi) is 3.88. The lowest BCUT2D eigenvalue weighted by Crippen LogP contribution is -2.09. The molecule has 0 fully saturated rings. The molecule has 20 heavy (non-hydrogen) atoms. The Morgan fingerprint density at radius 3 is 2.75 bits per heavy atom. The maximum absolute atomic E-state index is 13.4. The van der Waals surface area contributed by atoms with Gasteiger partial charge in [0.15, 0.2) is 0 Å². The molecule has 0 aliphatic carbocycles. The van der Waals surface area contributed by atoms with Gasteiger partial charge in [-0.25, -0.2) is 23.5 Å². The summed E-state index contributed by atoms with van der Waals surface area (Å²) >= 11 is 0. The SMILES string of the molecule is Cc1nc(NCc2ccc(F)cc2F)ncc1C(=O)O. The van der Waals surface area contributed by atoms with Gasteiger partial charge in [-0.2, -0.15) is 0 Å². The lowest BCUT2D eigenvalue weighted by Gasteiger charge is -2.07. The molecule has 104 valence electrons. The summed E-state index contributed by atoms with van der Waals surface area (Å²) in [4.78, 5) is 18.6. The van der Waals surface area contributed by atoms with Crippen LogP contribution in [0.3, 0.4) is 0 Å². The minimum Gasteiger partial charge on any atom is -0.478 e. The molecule has 7 heteroatoms. The molecule has 0 spiro atoms. The maximum atomic E-state index is 13.4. The highest BCUT2D eigenvalue weighted by Crippen LogP contribution is 2.12. The van der Waals surface area contributed by atoms with E-state index in [0.29, 0.717) is 5.69 Å². The second-order valence-corrected chi connectivity index (χ2v) is 4.09. The Morgan fingerprint density at radius 2 is 2.15 bits per heavy atom. The summed E-state index contributed by atoms with van der Waals surface area (Å²) in [6.07, 6.45) is 1.17. The average Bonchev–Trinajstić information content (AvgIpc) is 2.37. The molecule has 1 aromatic heterocycles. The third kappa shape index (κ3) is 3.05. The van der Waals surface area contributed by atoms with Crippen LogP contribution in [0.5, 0.6) is 0 Å². The summed E-state index contributed by atoms with van der Waals surface area (Å²) in [6.45, 7) is 1.60. The molecule has 0 amide bonds. The van der Waals surface area contributed by atoms with Crippen LogP contribution in [0.25, 0.3) is 0 Å². The zero-order chi connectivity index (χ0) is 14.7. The van der Waals surface area contributed by atoms with Gasteiger partial charge in [-0.05, 0) is 13.0 Å². The third-order valence-corrected chi connectivity index (χ3v) is 2.66. The molecule has 2 aromatic rings. The number of carbonyl (C=O) groups is 1. The van der Waals surface area contributed by atoms with Gasteiger partial charge in [-0.3, -0.25) is 0 Å². The van der Waals surface area contributed by atoms with Gasteiger partial charge in [0.2, 0.25) is 5.95 Å². The first-order valence-electron chi connectivity index (χ1n) is 5.72. The predicted octanol–water partition coefficient (Wildman–Crippen LogP) is 2.37. The minimum atomic E-state index is -1.11. The number of anilines is 1. The van der Waals surface area contributed by atoms with Crippen molar-refractivity contribution in [1.82, 2.24) is 9.97 Å². The van der Waals surface area contributed by atoms with Crippen molar-refractivity contribution in [2.75, 3.05) is 5.32 Å². The van der Waals surface area contributed by atoms with E-state index < -0.39 is 17.6 Å². The smallest absolute Gasteiger partial charge is 0.339 e. The van der Waals surface area contributed by atoms with Gasteiger partial charge in [0, 0.05) is 24.4 Å². The number of rotatable bonds is 4. The van der Waals surface area contributed by atoms with Crippen molar-refractivity contribution >= 4 is 11.9 Å². The largest absolute Gasteiger partial charge is 0.478 e. The molecule has 0 saturated carbocycles. The van der Waals surface area contributed by atoms with Crippen LogP contribution in [0.4, 0.5) is 14.7 Å². The van der Waals surface area contributed by atoms with Crippen LogP contribution in [0.1, 0.15) is 21.6 Å². The molecule has 5 nitrogen and oxygen atoms in total. The van der Waals surface area contributed by atoms with Crippen molar-refractivity contribution in [2.45, 2.75) is 13.5 Å². The first-order valence-corrected chi connectivity index (χ1v) is 5.72. The van der Waals surface area contributed by atoms with E-state index in [-0.39, 0.29) is 23.6 Å². The van der Waals surface area contributed by atoms with Crippen LogP contribution in [0, 0.1) is 18.6 Å². The zero-order valence-electron chi connectivity index (χ0n) is 10.5. The van der Waals surface area contributed by atoms with Crippen molar-refractivity contribution in [3.63, 3.8) is 0 Å². The minimum absolute atomic E-state index is 0.00325. The normalized spacial score (nSPS) is 10.3. The van der Waals surface area contributed by atoms with E-state index in [4.69, 9.17) is 5.11 Å². The number of aryl methyl sites for hydroxylation is 1. The Hall–Kier alpha value is -2.57. The highest BCUT2D eigenvalue weighted by molar-refractivity contribution is 5.88. The van der Waals surface area contributed by atoms with Crippen molar-refractivity contribution in [3.8, 4) is 0 Å². The Morgan fingerprint density at radius 1 is 1.40 bits per heavy atom. The van der Waals surface area contributed by atoms with Gasteiger partial charge in [-0.15, -0.1) is 0 Å². The van der Waals surface area contributed by atoms with Gasteiger partial charge >= 0.3 is 5.97 Å². The number of nitrogens with zero attached hydrogens (tertiary/aromatic N) is 2. The summed E-state index contributed by atoms with van der Waals surface area (Å²) in [7, 11) is 0. The second-order valence-electron chi connectivity index (χ2n) is 4.09. The number of hydrogen-bond donors (Lipinski definition) is 2. The van der Waals surface area contributed by atoms with E-state index in [0.717, 1.165) is 12.1 Å². The first kappa shape index (κ1) is 13.9. The molecular weight excluding hydrogens is 268 g/mol. The van der Waals surface area contributed by atoms with E-state index >= 15 is 0 Å². The molecule has 0 aliphatic heterocycles. The number of carboxylic acid groups (broad SMARTS) is 1. The number of aromatic nitrogens is 2. The molecule has 0 atom stereocenters. The topological polar surface area (TPSA) is 75.1 Å². The Bertz CT molecular complexity index is 662. The lowest BCUT2D eigenvalue weighted by molar-refractivity contribution is 0.0695. The summed E-state index contributed by atoms with van der Waals surface area (Å²) < 4.78 is 26.1. The molecule has 2 rings (SSSR count). The fourth-order valence-corrected chi connectivity index (χ4v) is 1.60. The van der Waals surface area contributed by atoms with Crippen LogP contribution in [0.2, 0.25) is 0 Å². The first-order chi connectivity index (χ1) is 9.47. The van der Waals surface area contributed by atoms with Crippen LogP contribution in [0.15, 0.2) is 24.4 Å². The third-order valence-electron chi connectivity index (χ3n) is 2.66. The van der Waals surface area contributed by atoms with Crippen molar-refractivity contribution in [2.24, 2.45) is 0 Å². The monoisotopic (exact) mass is 279 g/mol. The maximum Gasteiger partial charge on any atom is 0.339 e. The van der Waals surface area contributed by atoms with E-state index in [2.05, 4.69) is 15.3 Å². The number of hydrogen-bond acceptors (Lipinski definition) is 4. The van der Waals surface area contributed by atoms with E-state index in [1.807, 2.05) is 0 Å². The van der Waals surface area contributed by atoms with E-state index in [1.165, 1.54) is 19.2 Å². The molecule has 1 heterocycles. The molecular formula is C13H11F2N3O2. The molecule has 0 saturated heterocycles. The molecule has 0 unspecified atom stereocenters. The van der Waals surface area contributed by atoms with E-state index in [9.17, 15) is 13.6 Å². The second kappa shape index (κ2) is 5.60. The molecule has 1 aromatic carbocycles. The standard InChI is InChI=1S/C13H11F2N3O2/c1-7-10(12(19)20)6-17-13(18-7)16-5-8-2-3-9(14)4-11(8)15/h2-4,6H,5H2,1H3,(H,19,20)(H,16,17,18). The zero-order valence-corrected chi connectivity index (χ0v) is 10.5. The predicted molar refractivity (Wildman–Crippen MR) is 67.4 cm³/mol. The van der Waals surface area contributed by atoms with Crippen molar-refractivity contribution in [1.29, 1.82) is 0 Å². The van der Waals surface area contributed by atoms with Crippen LogP contribution in [-0.2, 0) is 6.54 Å². The fraction of sp³-hybridized carbons (Fsp3) is 0.154. The van der Waals surface area contributed by atoms with Crippen LogP contribution in [-0.4, -0.2) is 21.0 Å². The number of benzene rings is 1. The van der Waals surface area contributed by atoms with Gasteiger partial charge in [0.25, 0.3) is 0 Å². The van der Waals surface area contributed by atoms with Gasteiger partial charge in [0.05, 0.1) is 11.3 Å². The van der Waals surface area contributed by atoms with Crippen molar-refractivity contribution in [3.05, 3.63) is 52.9 Å². The molecule has 2 N–H and O–H groups in total. The fourth-order valence-electron chi connectivity index (χ4n) is 1.60. The molecule has 0 bridgehead atoms. The van der Waals surface area contributed by atoms with Crippen LogP contribution < -0.4 is 5.32 Å². The lowest BCUT2D eigenvalue weighted by atomic mass is 10.2. The van der Waals surface area contributed by atoms with Gasteiger partial charge in [0.1, 0.15) is 11.6 Å². The number of carboxylic acids is 1. The summed E-state index contributed by atoms with van der Waals surface area (Å²) in [6, 6.07) is 3.26. The highest BCUT2D eigenvalue weighted by Gasteiger charge is 2.10. The van der Waals surface area contributed by atoms with Gasteiger partial charge in [-0.1, -0.05) is 6.07 Å². The number of aromatic carboxylic acids is 1.